The van der Waals surface area contributed by atoms with Crippen molar-refractivity contribution in [3.05, 3.63) is 46.6 Å². The van der Waals surface area contributed by atoms with E-state index in [9.17, 15) is 35.4 Å². The van der Waals surface area contributed by atoms with Crippen molar-refractivity contribution in [2.75, 3.05) is 13.7 Å². The van der Waals surface area contributed by atoms with E-state index in [0.717, 1.165) is 0 Å². The summed E-state index contributed by atoms with van der Waals surface area (Å²) in [5.74, 6) is -0.480. The number of benzene rings is 2. The first kappa shape index (κ1) is 22.8. The molecule has 0 aliphatic carbocycles. The molecule has 0 saturated carbocycles. The number of phenolic OH excluding ortho intramolecular Hbond substituents is 2. The average molecular weight is 462 g/mol. The Kier molecular flexibility index (Phi) is 6.15. The molecule has 11 heteroatoms. The molecule has 1 aliphatic heterocycles. The zero-order valence-corrected chi connectivity index (χ0v) is 17.3. The van der Waals surface area contributed by atoms with E-state index in [2.05, 4.69) is 0 Å². The summed E-state index contributed by atoms with van der Waals surface area (Å²) < 4.78 is 22.0. The van der Waals surface area contributed by atoms with Crippen LogP contribution in [0.3, 0.4) is 0 Å². The second kappa shape index (κ2) is 8.89. The van der Waals surface area contributed by atoms with E-state index in [1.165, 1.54) is 43.5 Å². The lowest BCUT2D eigenvalue weighted by atomic mass is 9.99. The molecule has 1 fully saturated rings. The molecule has 0 radical (unpaired) electrons. The van der Waals surface area contributed by atoms with E-state index in [4.69, 9.17) is 18.6 Å². The van der Waals surface area contributed by atoms with Crippen molar-refractivity contribution >= 4 is 11.0 Å². The molecular weight excluding hydrogens is 440 g/mol. The number of aliphatic hydroxyl groups is 4. The van der Waals surface area contributed by atoms with Gasteiger partial charge in [-0.3, -0.25) is 4.79 Å². The van der Waals surface area contributed by atoms with Crippen molar-refractivity contribution in [3.8, 4) is 34.3 Å². The van der Waals surface area contributed by atoms with Crippen LogP contribution in [-0.4, -0.2) is 75.1 Å². The second-order valence-electron chi connectivity index (χ2n) is 7.49. The predicted octanol–water partition coefficient (Wildman–Crippen LogP) is 0.0585. The van der Waals surface area contributed by atoms with E-state index < -0.39 is 42.7 Å². The van der Waals surface area contributed by atoms with Crippen LogP contribution in [0.5, 0.6) is 23.0 Å². The normalized spacial score (nSPS) is 25.2. The highest BCUT2D eigenvalue weighted by Crippen LogP contribution is 2.36. The van der Waals surface area contributed by atoms with E-state index in [1.807, 2.05) is 0 Å². The van der Waals surface area contributed by atoms with Crippen LogP contribution in [0.2, 0.25) is 0 Å². The van der Waals surface area contributed by atoms with Crippen molar-refractivity contribution in [3.63, 3.8) is 0 Å². The molecule has 0 amide bonds. The van der Waals surface area contributed by atoms with Crippen molar-refractivity contribution in [1.29, 1.82) is 0 Å². The summed E-state index contributed by atoms with van der Waals surface area (Å²) in [4.78, 5) is 12.8. The third-order valence-electron chi connectivity index (χ3n) is 5.36. The monoisotopic (exact) mass is 462 g/mol. The minimum absolute atomic E-state index is 0.0170. The molecule has 0 unspecified atom stereocenters. The zero-order valence-electron chi connectivity index (χ0n) is 17.3. The average Bonchev–Trinajstić information content (AvgIpc) is 2.80. The fraction of sp³-hybridized carbons (Fsp3) is 0.318. The molecule has 1 saturated heterocycles. The maximum atomic E-state index is 12.8. The highest BCUT2D eigenvalue weighted by Gasteiger charge is 2.45. The van der Waals surface area contributed by atoms with Gasteiger partial charge >= 0.3 is 0 Å². The van der Waals surface area contributed by atoms with E-state index >= 15 is 0 Å². The van der Waals surface area contributed by atoms with Gasteiger partial charge in [0.05, 0.1) is 19.1 Å². The Hall–Kier alpha value is -3.35. The van der Waals surface area contributed by atoms with Crippen molar-refractivity contribution < 1.29 is 49.3 Å². The molecule has 3 aromatic rings. The number of rotatable bonds is 5. The van der Waals surface area contributed by atoms with E-state index in [-0.39, 0.29) is 39.7 Å². The highest BCUT2D eigenvalue weighted by atomic mass is 16.7. The van der Waals surface area contributed by atoms with Crippen molar-refractivity contribution in [1.82, 2.24) is 0 Å². The lowest BCUT2D eigenvalue weighted by Crippen LogP contribution is -2.60. The molecule has 1 aliphatic rings. The smallest absolute Gasteiger partial charge is 0.229 e. The maximum absolute atomic E-state index is 12.8. The molecule has 11 nitrogen and oxygen atoms in total. The lowest BCUT2D eigenvalue weighted by Gasteiger charge is -2.39. The number of fused-ring (bicyclic) bond motifs is 1. The summed E-state index contributed by atoms with van der Waals surface area (Å²) in [5, 5.41) is 58.7. The van der Waals surface area contributed by atoms with Crippen LogP contribution < -0.4 is 14.9 Å². The molecule has 176 valence electrons. The van der Waals surface area contributed by atoms with Gasteiger partial charge in [-0.1, -0.05) is 0 Å². The molecule has 6 N–H and O–H groups in total. The van der Waals surface area contributed by atoms with Gasteiger partial charge in [0.25, 0.3) is 0 Å². The number of aromatic hydroxyl groups is 2. The van der Waals surface area contributed by atoms with E-state index in [1.54, 1.807) is 0 Å². The lowest BCUT2D eigenvalue weighted by molar-refractivity contribution is -0.277. The molecule has 4 rings (SSSR count). The van der Waals surface area contributed by atoms with Gasteiger partial charge < -0.3 is 49.3 Å². The molecule has 5 atom stereocenters. The third-order valence-corrected chi connectivity index (χ3v) is 5.36. The molecule has 0 spiro atoms. The molecule has 2 heterocycles. The molecular formula is C22H22O11. The van der Waals surface area contributed by atoms with Crippen LogP contribution in [0.15, 0.2) is 45.6 Å². The minimum Gasteiger partial charge on any atom is -0.504 e. The summed E-state index contributed by atoms with van der Waals surface area (Å²) in [5.41, 5.74) is 0.0214. The van der Waals surface area contributed by atoms with Gasteiger partial charge in [-0.25, -0.2) is 0 Å². The standard InChI is InChI=1S/C22H22O11/c1-30-16-7-15-10(12(25)6-14(31-15)9-2-3-11(24)13(26)4-9)5-17(16)32-22-21(29)20(28)19(27)18(8-23)33-22/h2-7,18-24,26-29H,8H2,1H3/t18-,19-,20+,21-,22-/m1/s1. The number of ether oxygens (including phenoxy) is 3. The number of hydrogen-bond acceptors (Lipinski definition) is 11. The van der Waals surface area contributed by atoms with Gasteiger partial charge in [-0.05, 0) is 24.3 Å². The van der Waals surface area contributed by atoms with Crippen LogP contribution in [0.4, 0.5) is 0 Å². The van der Waals surface area contributed by atoms with E-state index in [0.29, 0.717) is 5.56 Å². The predicted molar refractivity (Wildman–Crippen MR) is 112 cm³/mol. The first-order chi connectivity index (χ1) is 15.7. The Morgan fingerprint density at radius 2 is 1.70 bits per heavy atom. The summed E-state index contributed by atoms with van der Waals surface area (Å²) in [7, 11) is 1.33. The second-order valence-corrected chi connectivity index (χ2v) is 7.49. The zero-order chi connectivity index (χ0) is 23.9. The van der Waals surface area contributed by atoms with Gasteiger partial charge in [0, 0.05) is 17.7 Å². The summed E-state index contributed by atoms with van der Waals surface area (Å²) in [6.45, 7) is -0.626. The molecule has 1 aromatic heterocycles. The fourth-order valence-electron chi connectivity index (χ4n) is 3.52. The molecule has 0 bridgehead atoms. The van der Waals surface area contributed by atoms with Gasteiger partial charge in [0.1, 0.15) is 35.8 Å². The van der Waals surface area contributed by atoms with Crippen LogP contribution in [0.25, 0.3) is 22.3 Å². The summed E-state index contributed by atoms with van der Waals surface area (Å²) >= 11 is 0. The van der Waals surface area contributed by atoms with Gasteiger partial charge in [0.2, 0.25) is 6.29 Å². The Bertz CT molecular complexity index is 1220. The van der Waals surface area contributed by atoms with Crippen LogP contribution >= 0.6 is 0 Å². The van der Waals surface area contributed by atoms with Gasteiger partial charge in [0.15, 0.2) is 28.4 Å². The SMILES string of the molecule is COc1cc2oc(-c3ccc(O)c(O)c3)cc(=O)c2cc1O[C@@H]1O[C@H](CO)[C@@H](O)[C@H](O)[C@H]1O. The summed E-state index contributed by atoms with van der Waals surface area (Å²) in [6.07, 6.45) is -7.48. The third kappa shape index (κ3) is 4.19. The first-order valence-electron chi connectivity index (χ1n) is 9.89. The van der Waals surface area contributed by atoms with Crippen LogP contribution in [0, 0.1) is 0 Å². The molecule has 33 heavy (non-hydrogen) atoms. The Morgan fingerprint density at radius 3 is 2.36 bits per heavy atom. The maximum Gasteiger partial charge on any atom is 0.229 e. The minimum atomic E-state index is -1.65. The Morgan fingerprint density at radius 1 is 0.939 bits per heavy atom. The van der Waals surface area contributed by atoms with Crippen molar-refractivity contribution in [2.24, 2.45) is 0 Å². The van der Waals surface area contributed by atoms with Crippen LogP contribution in [-0.2, 0) is 4.74 Å². The fourth-order valence-corrected chi connectivity index (χ4v) is 3.52. The highest BCUT2D eigenvalue weighted by molar-refractivity contribution is 5.82. The van der Waals surface area contributed by atoms with Gasteiger partial charge in [-0.2, -0.15) is 0 Å². The Balaban J connectivity index is 1.72. The van der Waals surface area contributed by atoms with Gasteiger partial charge in [-0.15, -0.1) is 0 Å². The Labute approximate surface area is 186 Å². The first-order valence-corrected chi connectivity index (χ1v) is 9.89. The van der Waals surface area contributed by atoms with Crippen LogP contribution in [0.1, 0.15) is 0 Å². The molecule has 2 aromatic carbocycles. The quantitative estimate of drug-likeness (QED) is 0.282. The largest absolute Gasteiger partial charge is 0.504 e. The van der Waals surface area contributed by atoms with Crippen molar-refractivity contribution in [2.45, 2.75) is 30.7 Å². The number of hydrogen-bond donors (Lipinski definition) is 6. The number of aliphatic hydroxyl groups excluding tert-OH is 4. The summed E-state index contributed by atoms with van der Waals surface area (Å²) in [6, 6.07) is 7.84. The topological polar surface area (TPSA) is 179 Å². The number of phenols is 2. The number of methoxy groups -OCH3 is 1.